The highest BCUT2D eigenvalue weighted by Crippen LogP contribution is 2.23. The standard InChI is InChI=1S/C13H16BrNO4/c1-2-18-13(17)9-19-12-4-3-11(14)7-10(12)8-15-5-6-16/h3-4,6-7,15H,2,5,8-9H2,1H3. The fourth-order valence-electron chi connectivity index (χ4n) is 1.43. The molecule has 0 aromatic heterocycles. The molecule has 1 rings (SSSR count). The molecular weight excluding hydrogens is 314 g/mol. The zero-order valence-corrected chi connectivity index (χ0v) is 12.2. The van der Waals surface area contributed by atoms with Crippen molar-refractivity contribution in [3.8, 4) is 5.75 Å². The number of nitrogens with one attached hydrogen (secondary N) is 1. The van der Waals surface area contributed by atoms with Gasteiger partial charge in [-0.2, -0.15) is 0 Å². The number of esters is 1. The minimum absolute atomic E-state index is 0.129. The summed E-state index contributed by atoms with van der Waals surface area (Å²) >= 11 is 3.37. The quantitative estimate of drug-likeness (QED) is 0.446. The van der Waals surface area contributed by atoms with Gasteiger partial charge in [-0.15, -0.1) is 0 Å². The maximum absolute atomic E-state index is 11.2. The summed E-state index contributed by atoms with van der Waals surface area (Å²) in [5.41, 5.74) is 0.862. The van der Waals surface area contributed by atoms with Crippen molar-refractivity contribution in [1.29, 1.82) is 0 Å². The maximum atomic E-state index is 11.2. The Morgan fingerprint density at radius 3 is 2.95 bits per heavy atom. The first-order chi connectivity index (χ1) is 9.17. The van der Waals surface area contributed by atoms with Gasteiger partial charge >= 0.3 is 5.97 Å². The van der Waals surface area contributed by atoms with E-state index in [1.165, 1.54) is 0 Å². The fourth-order valence-corrected chi connectivity index (χ4v) is 1.84. The molecule has 0 atom stereocenters. The largest absolute Gasteiger partial charge is 0.482 e. The molecule has 0 amide bonds. The Kier molecular flexibility index (Phi) is 7.14. The van der Waals surface area contributed by atoms with Crippen LogP contribution in [0.3, 0.4) is 0 Å². The second-order valence-corrected chi connectivity index (χ2v) is 4.56. The van der Waals surface area contributed by atoms with E-state index in [9.17, 15) is 9.59 Å². The molecule has 19 heavy (non-hydrogen) atoms. The van der Waals surface area contributed by atoms with Gasteiger partial charge in [-0.1, -0.05) is 15.9 Å². The SMILES string of the molecule is CCOC(=O)COc1ccc(Br)cc1CNCC=O. The van der Waals surface area contributed by atoms with Crippen molar-refractivity contribution in [2.75, 3.05) is 19.8 Å². The first kappa shape index (κ1) is 15.7. The first-order valence-electron chi connectivity index (χ1n) is 5.88. The van der Waals surface area contributed by atoms with Crippen LogP contribution in [0.1, 0.15) is 12.5 Å². The molecule has 1 aromatic carbocycles. The smallest absolute Gasteiger partial charge is 0.344 e. The third-order valence-electron chi connectivity index (χ3n) is 2.22. The van der Waals surface area contributed by atoms with E-state index < -0.39 is 5.97 Å². The van der Waals surface area contributed by atoms with E-state index in [-0.39, 0.29) is 13.2 Å². The number of hydrogen-bond acceptors (Lipinski definition) is 5. The molecule has 1 aromatic rings. The van der Waals surface area contributed by atoms with Crippen LogP contribution in [0.2, 0.25) is 0 Å². The van der Waals surface area contributed by atoms with E-state index >= 15 is 0 Å². The van der Waals surface area contributed by atoms with Gasteiger partial charge in [-0.05, 0) is 25.1 Å². The fraction of sp³-hybridized carbons (Fsp3) is 0.385. The highest BCUT2D eigenvalue weighted by Gasteiger charge is 2.08. The third-order valence-corrected chi connectivity index (χ3v) is 2.71. The van der Waals surface area contributed by atoms with E-state index in [0.29, 0.717) is 18.9 Å². The summed E-state index contributed by atoms with van der Waals surface area (Å²) in [6, 6.07) is 5.46. The van der Waals surface area contributed by atoms with Crippen molar-refractivity contribution in [2.24, 2.45) is 0 Å². The highest BCUT2D eigenvalue weighted by atomic mass is 79.9. The molecule has 104 valence electrons. The van der Waals surface area contributed by atoms with Gasteiger partial charge in [0.25, 0.3) is 0 Å². The average molecular weight is 330 g/mol. The van der Waals surface area contributed by atoms with Crippen molar-refractivity contribution in [2.45, 2.75) is 13.5 Å². The Labute approximate surface area is 120 Å². The summed E-state index contributed by atoms with van der Waals surface area (Å²) in [6.07, 6.45) is 0.789. The van der Waals surface area contributed by atoms with Crippen molar-refractivity contribution in [1.82, 2.24) is 5.32 Å². The van der Waals surface area contributed by atoms with Gasteiger partial charge in [0, 0.05) is 16.6 Å². The molecule has 0 aliphatic heterocycles. The third kappa shape index (κ3) is 5.85. The monoisotopic (exact) mass is 329 g/mol. The Balaban J connectivity index is 2.64. The number of aldehydes is 1. The molecule has 1 N–H and O–H groups in total. The number of rotatable bonds is 8. The summed E-state index contributed by atoms with van der Waals surface area (Å²) < 4.78 is 11.1. The first-order valence-corrected chi connectivity index (χ1v) is 6.68. The van der Waals surface area contributed by atoms with Crippen LogP contribution >= 0.6 is 15.9 Å². The molecule has 0 aliphatic carbocycles. The highest BCUT2D eigenvalue weighted by molar-refractivity contribution is 9.10. The van der Waals surface area contributed by atoms with Crippen LogP contribution in [-0.2, 0) is 20.9 Å². The second-order valence-electron chi connectivity index (χ2n) is 3.64. The van der Waals surface area contributed by atoms with Crippen LogP contribution in [0.4, 0.5) is 0 Å². The molecule has 0 spiro atoms. The Bertz CT molecular complexity index is 437. The van der Waals surface area contributed by atoms with Crippen LogP contribution in [-0.4, -0.2) is 32.0 Å². The van der Waals surface area contributed by atoms with Gasteiger partial charge in [0.1, 0.15) is 12.0 Å². The van der Waals surface area contributed by atoms with Crippen molar-refractivity contribution in [3.05, 3.63) is 28.2 Å². The lowest BCUT2D eigenvalue weighted by molar-refractivity contribution is -0.145. The second kappa shape index (κ2) is 8.66. The maximum Gasteiger partial charge on any atom is 0.344 e. The number of ether oxygens (including phenoxy) is 2. The van der Waals surface area contributed by atoms with Crippen LogP contribution in [0.15, 0.2) is 22.7 Å². The Morgan fingerprint density at radius 1 is 1.47 bits per heavy atom. The van der Waals surface area contributed by atoms with E-state index in [4.69, 9.17) is 9.47 Å². The number of hydrogen-bond donors (Lipinski definition) is 1. The number of carbonyl (C=O) groups excluding carboxylic acids is 2. The van der Waals surface area contributed by atoms with Gasteiger partial charge < -0.3 is 19.6 Å². The van der Waals surface area contributed by atoms with E-state index in [1.807, 2.05) is 12.1 Å². The molecule has 0 unspecified atom stereocenters. The lowest BCUT2D eigenvalue weighted by Crippen LogP contribution is -2.18. The lowest BCUT2D eigenvalue weighted by Gasteiger charge is -2.11. The van der Waals surface area contributed by atoms with Gasteiger partial charge in [0.15, 0.2) is 6.61 Å². The minimum atomic E-state index is -0.405. The van der Waals surface area contributed by atoms with Crippen LogP contribution in [0.25, 0.3) is 0 Å². The number of benzene rings is 1. The normalized spacial score (nSPS) is 10.0. The van der Waals surface area contributed by atoms with E-state index in [0.717, 1.165) is 16.3 Å². The summed E-state index contributed by atoms with van der Waals surface area (Å²) in [7, 11) is 0. The molecule has 0 aliphatic rings. The average Bonchev–Trinajstić information content (AvgIpc) is 2.38. The van der Waals surface area contributed by atoms with Crippen molar-refractivity contribution in [3.63, 3.8) is 0 Å². The molecule has 0 saturated carbocycles. The summed E-state index contributed by atoms with van der Waals surface area (Å²) in [4.78, 5) is 21.5. The zero-order valence-electron chi connectivity index (χ0n) is 10.6. The Morgan fingerprint density at radius 2 is 2.26 bits per heavy atom. The molecular formula is C13H16BrNO4. The lowest BCUT2D eigenvalue weighted by atomic mass is 10.2. The topological polar surface area (TPSA) is 64.6 Å². The molecule has 6 heteroatoms. The van der Waals surface area contributed by atoms with Gasteiger partial charge in [0.2, 0.25) is 0 Å². The van der Waals surface area contributed by atoms with Crippen LogP contribution in [0, 0.1) is 0 Å². The predicted octanol–water partition coefficient (Wildman–Crippen LogP) is 1.68. The summed E-state index contributed by atoms with van der Waals surface area (Å²) in [6.45, 7) is 2.69. The number of halogens is 1. The van der Waals surface area contributed by atoms with Crippen molar-refractivity contribution >= 4 is 28.2 Å². The van der Waals surface area contributed by atoms with Crippen LogP contribution in [0.5, 0.6) is 5.75 Å². The zero-order chi connectivity index (χ0) is 14.1. The van der Waals surface area contributed by atoms with Gasteiger partial charge in [0.05, 0.1) is 13.2 Å². The van der Waals surface area contributed by atoms with Crippen molar-refractivity contribution < 1.29 is 19.1 Å². The molecule has 0 fully saturated rings. The van der Waals surface area contributed by atoms with E-state index in [2.05, 4.69) is 21.2 Å². The molecule has 0 heterocycles. The predicted molar refractivity (Wildman–Crippen MR) is 74.0 cm³/mol. The number of carbonyl (C=O) groups is 2. The Hall–Kier alpha value is -1.40. The summed E-state index contributed by atoms with van der Waals surface area (Å²) in [5, 5.41) is 2.95. The molecule has 0 bridgehead atoms. The minimum Gasteiger partial charge on any atom is -0.482 e. The van der Waals surface area contributed by atoms with Gasteiger partial charge in [-0.3, -0.25) is 0 Å². The summed E-state index contributed by atoms with van der Waals surface area (Å²) in [5.74, 6) is 0.187. The van der Waals surface area contributed by atoms with Crippen LogP contribution < -0.4 is 10.1 Å². The molecule has 0 radical (unpaired) electrons. The molecule has 0 saturated heterocycles. The van der Waals surface area contributed by atoms with Gasteiger partial charge in [-0.25, -0.2) is 4.79 Å². The molecule has 5 nitrogen and oxygen atoms in total. The van der Waals surface area contributed by atoms with E-state index in [1.54, 1.807) is 13.0 Å².